The van der Waals surface area contributed by atoms with Gasteiger partial charge in [0, 0.05) is 38.5 Å². The van der Waals surface area contributed by atoms with E-state index in [4.69, 9.17) is 11.6 Å². The minimum atomic E-state index is 0.720. The highest BCUT2D eigenvalue weighted by atomic mass is 35.5. The molecule has 1 heterocycles. The Hall–Kier alpha value is -5.57. The molecule has 0 aliphatic heterocycles. The third kappa shape index (κ3) is 5.06. The van der Waals surface area contributed by atoms with E-state index in [-0.39, 0.29) is 0 Å². The van der Waals surface area contributed by atoms with Crippen molar-refractivity contribution in [2.45, 2.75) is 0 Å². The Bertz CT molecular complexity index is 2180. The molecular formula is C42H29ClN2. The number of para-hydroxylation sites is 2. The summed E-state index contributed by atoms with van der Waals surface area (Å²) >= 11 is 6.27. The van der Waals surface area contributed by atoms with Crippen LogP contribution in [0.5, 0.6) is 0 Å². The molecule has 0 saturated heterocycles. The van der Waals surface area contributed by atoms with E-state index in [1.165, 1.54) is 44.1 Å². The van der Waals surface area contributed by atoms with Crippen LogP contribution in [0, 0.1) is 0 Å². The largest absolute Gasteiger partial charge is 0.311 e. The fourth-order valence-electron chi connectivity index (χ4n) is 6.28. The molecule has 0 bridgehead atoms. The molecule has 0 N–H and O–H groups in total. The molecule has 0 spiro atoms. The van der Waals surface area contributed by atoms with Gasteiger partial charge in [0.15, 0.2) is 0 Å². The van der Waals surface area contributed by atoms with Crippen LogP contribution in [-0.2, 0) is 0 Å². The standard InChI is InChI=1S/C42H29ClN2/c43-34-20-28-37(29-21-34)44(35-22-14-31(15-23-35)30-8-2-1-3-9-30)36-24-16-32(17-25-36)33-18-26-38(27-19-33)45-41-12-6-4-10-39(41)40-11-5-7-13-42(40)45/h1-29H. The van der Waals surface area contributed by atoms with Crippen LogP contribution in [-0.4, -0.2) is 4.57 Å². The van der Waals surface area contributed by atoms with Gasteiger partial charge in [0.05, 0.1) is 11.0 Å². The van der Waals surface area contributed by atoms with Crippen LogP contribution in [0.2, 0.25) is 5.02 Å². The van der Waals surface area contributed by atoms with Crippen molar-refractivity contribution in [2.24, 2.45) is 0 Å². The van der Waals surface area contributed by atoms with Crippen molar-refractivity contribution in [1.29, 1.82) is 0 Å². The lowest BCUT2D eigenvalue weighted by molar-refractivity contribution is 1.18. The molecule has 0 radical (unpaired) electrons. The van der Waals surface area contributed by atoms with Crippen molar-refractivity contribution in [3.63, 3.8) is 0 Å². The quantitative estimate of drug-likeness (QED) is 0.185. The predicted molar refractivity (Wildman–Crippen MR) is 191 cm³/mol. The summed E-state index contributed by atoms with van der Waals surface area (Å²) in [6.45, 7) is 0. The van der Waals surface area contributed by atoms with Crippen LogP contribution in [0.3, 0.4) is 0 Å². The summed E-state index contributed by atoms with van der Waals surface area (Å²) in [6.07, 6.45) is 0. The first-order valence-corrected chi connectivity index (χ1v) is 15.5. The summed E-state index contributed by atoms with van der Waals surface area (Å²) in [5.74, 6) is 0. The highest BCUT2D eigenvalue weighted by Gasteiger charge is 2.14. The van der Waals surface area contributed by atoms with E-state index >= 15 is 0 Å². The average molecular weight is 597 g/mol. The van der Waals surface area contributed by atoms with Crippen LogP contribution in [0.25, 0.3) is 49.7 Å². The Labute approximate surface area is 268 Å². The fraction of sp³-hybridized carbons (Fsp3) is 0. The summed E-state index contributed by atoms with van der Waals surface area (Å²) < 4.78 is 2.35. The number of halogens is 1. The van der Waals surface area contributed by atoms with E-state index < -0.39 is 0 Å². The van der Waals surface area contributed by atoms with E-state index in [1.807, 2.05) is 18.2 Å². The maximum absolute atomic E-state index is 6.27. The van der Waals surface area contributed by atoms with Gasteiger partial charge in [-0.15, -0.1) is 0 Å². The SMILES string of the molecule is Clc1ccc(N(c2ccc(-c3ccccc3)cc2)c2ccc(-c3ccc(-n4c5ccccc5c5ccccc54)cc3)cc2)cc1. The number of benzene rings is 7. The monoisotopic (exact) mass is 596 g/mol. The summed E-state index contributed by atoms with van der Waals surface area (Å²) in [5, 5.41) is 3.26. The predicted octanol–water partition coefficient (Wildman–Crippen LogP) is 12.2. The Kier molecular flexibility index (Phi) is 6.90. The first-order valence-electron chi connectivity index (χ1n) is 15.1. The molecule has 3 heteroatoms. The Morgan fingerprint density at radius 1 is 0.356 bits per heavy atom. The van der Waals surface area contributed by atoms with Gasteiger partial charge in [-0.2, -0.15) is 0 Å². The number of anilines is 3. The third-order valence-corrected chi connectivity index (χ3v) is 8.73. The topological polar surface area (TPSA) is 8.17 Å². The summed E-state index contributed by atoms with van der Waals surface area (Å²) in [4.78, 5) is 2.26. The molecule has 0 amide bonds. The number of hydrogen-bond acceptors (Lipinski definition) is 1. The van der Waals surface area contributed by atoms with Gasteiger partial charge >= 0.3 is 0 Å². The Morgan fingerprint density at radius 2 is 0.733 bits per heavy atom. The fourth-order valence-corrected chi connectivity index (χ4v) is 6.40. The highest BCUT2D eigenvalue weighted by molar-refractivity contribution is 6.30. The van der Waals surface area contributed by atoms with Crippen LogP contribution < -0.4 is 4.90 Å². The number of aromatic nitrogens is 1. The minimum absolute atomic E-state index is 0.720. The van der Waals surface area contributed by atoms with Crippen LogP contribution in [0.1, 0.15) is 0 Å². The summed E-state index contributed by atoms with van der Waals surface area (Å²) in [7, 11) is 0. The average Bonchev–Trinajstić information content (AvgIpc) is 3.45. The van der Waals surface area contributed by atoms with E-state index in [9.17, 15) is 0 Å². The van der Waals surface area contributed by atoms with Gasteiger partial charge in [-0.1, -0.05) is 115 Å². The van der Waals surface area contributed by atoms with Gasteiger partial charge in [0.1, 0.15) is 0 Å². The first kappa shape index (κ1) is 27.0. The van der Waals surface area contributed by atoms with Gasteiger partial charge in [0.25, 0.3) is 0 Å². The van der Waals surface area contributed by atoms with Crippen molar-refractivity contribution in [2.75, 3.05) is 4.90 Å². The second-order valence-corrected chi connectivity index (χ2v) is 11.6. The number of hydrogen-bond donors (Lipinski definition) is 0. The second-order valence-electron chi connectivity index (χ2n) is 11.2. The summed E-state index contributed by atoms with van der Waals surface area (Å²) in [5.41, 5.74) is 11.5. The molecule has 0 fully saturated rings. The van der Waals surface area contributed by atoms with E-state index in [0.717, 1.165) is 27.8 Å². The molecule has 45 heavy (non-hydrogen) atoms. The van der Waals surface area contributed by atoms with E-state index in [2.05, 4.69) is 167 Å². The lowest BCUT2D eigenvalue weighted by Gasteiger charge is -2.26. The second kappa shape index (κ2) is 11.5. The highest BCUT2D eigenvalue weighted by Crippen LogP contribution is 2.38. The lowest BCUT2D eigenvalue weighted by atomic mass is 10.0. The van der Waals surface area contributed by atoms with Crippen molar-refractivity contribution in [1.82, 2.24) is 4.57 Å². The molecule has 0 saturated carbocycles. The smallest absolute Gasteiger partial charge is 0.0541 e. The van der Waals surface area contributed by atoms with E-state index in [1.54, 1.807) is 0 Å². The molecule has 8 aromatic rings. The molecule has 0 atom stereocenters. The first-order chi connectivity index (χ1) is 22.2. The van der Waals surface area contributed by atoms with Gasteiger partial charge in [-0.3, -0.25) is 0 Å². The molecule has 214 valence electrons. The van der Waals surface area contributed by atoms with Crippen molar-refractivity contribution < 1.29 is 0 Å². The van der Waals surface area contributed by atoms with Crippen LogP contribution in [0.15, 0.2) is 176 Å². The lowest BCUT2D eigenvalue weighted by Crippen LogP contribution is -2.09. The molecule has 8 rings (SSSR count). The van der Waals surface area contributed by atoms with Gasteiger partial charge in [-0.05, 0) is 95.1 Å². The Balaban J connectivity index is 1.12. The molecule has 1 aromatic heterocycles. The number of nitrogens with zero attached hydrogens (tertiary/aromatic N) is 2. The van der Waals surface area contributed by atoms with Gasteiger partial charge in [-0.25, -0.2) is 0 Å². The van der Waals surface area contributed by atoms with Crippen LogP contribution >= 0.6 is 11.6 Å². The Morgan fingerprint density at radius 3 is 1.22 bits per heavy atom. The molecule has 7 aromatic carbocycles. The maximum Gasteiger partial charge on any atom is 0.0541 e. The number of fused-ring (bicyclic) bond motifs is 3. The molecule has 2 nitrogen and oxygen atoms in total. The molecule has 0 aliphatic rings. The molecule has 0 aliphatic carbocycles. The summed E-state index contributed by atoms with van der Waals surface area (Å²) in [6, 6.07) is 62.1. The minimum Gasteiger partial charge on any atom is -0.311 e. The molecular weight excluding hydrogens is 568 g/mol. The van der Waals surface area contributed by atoms with Crippen molar-refractivity contribution >= 4 is 50.5 Å². The van der Waals surface area contributed by atoms with Crippen molar-refractivity contribution in [3.05, 3.63) is 181 Å². The van der Waals surface area contributed by atoms with Gasteiger partial charge < -0.3 is 9.47 Å². The zero-order chi connectivity index (χ0) is 30.2. The normalized spacial score (nSPS) is 11.2. The molecule has 0 unspecified atom stereocenters. The zero-order valence-electron chi connectivity index (χ0n) is 24.5. The van der Waals surface area contributed by atoms with Crippen LogP contribution in [0.4, 0.5) is 17.1 Å². The van der Waals surface area contributed by atoms with Crippen molar-refractivity contribution in [3.8, 4) is 27.9 Å². The zero-order valence-corrected chi connectivity index (χ0v) is 25.3. The van der Waals surface area contributed by atoms with Gasteiger partial charge in [0.2, 0.25) is 0 Å². The maximum atomic E-state index is 6.27. The van der Waals surface area contributed by atoms with E-state index in [0.29, 0.717) is 0 Å². The number of rotatable bonds is 6. The third-order valence-electron chi connectivity index (χ3n) is 8.48.